The second kappa shape index (κ2) is 8.88. The standard InChI is InChI=1S/C24H36N6O5/c1-23(2,3)35-22(31)28-14-7-6-9-29(11-14)12-16-17-18(34-24(4,5)33-17)21(32-16)30-10-8-15-19(25)26-13-27-20(15)30/h8,10,13-14,16-18,21H,6-7,9,11-12H2,1-5H3,(H,28,31)(H2,25,26,27)/t14?,16-,17-,18-,21-/m1/s1. The Hall–Kier alpha value is -2.47. The van der Waals surface area contributed by atoms with Crippen LogP contribution in [0.1, 0.15) is 53.7 Å². The average Bonchev–Trinajstić information content (AvgIpc) is 3.39. The van der Waals surface area contributed by atoms with Crippen molar-refractivity contribution in [1.82, 2.24) is 24.8 Å². The van der Waals surface area contributed by atoms with Gasteiger partial charge in [-0.1, -0.05) is 0 Å². The van der Waals surface area contributed by atoms with E-state index < -0.39 is 17.6 Å². The number of carbonyl (C=O) groups is 1. The number of likely N-dealkylation sites (tertiary alicyclic amines) is 1. The predicted molar refractivity (Wildman–Crippen MR) is 129 cm³/mol. The molecule has 0 aromatic carbocycles. The zero-order valence-corrected chi connectivity index (χ0v) is 21.1. The van der Waals surface area contributed by atoms with Gasteiger partial charge in [0.1, 0.15) is 41.7 Å². The van der Waals surface area contributed by atoms with E-state index in [4.69, 9.17) is 24.7 Å². The molecule has 2 aromatic heterocycles. The maximum Gasteiger partial charge on any atom is 0.407 e. The van der Waals surface area contributed by atoms with Gasteiger partial charge in [-0.2, -0.15) is 0 Å². The molecule has 3 aliphatic rings. The normalized spacial score (nSPS) is 30.9. The van der Waals surface area contributed by atoms with Gasteiger partial charge in [0, 0.05) is 25.3 Å². The van der Waals surface area contributed by atoms with Gasteiger partial charge < -0.3 is 34.6 Å². The lowest BCUT2D eigenvalue weighted by Crippen LogP contribution is -2.51. The molecule has 3 N–H and O–H groups in total. The summed E-state index contributed by atoms with van der Waals surface area (Å²) in [5.74, 6) is -0.282. The summed E-state index contributed by atoms with van der Waals surface area (Å²) in [4.78, 5) is 23.1. The molecule has 1 unspecified atom stereocenters. The lowest BCUT2D eigenvalue weighted by atomic mass is 10.0. The molecule has 2 aromatic rings. The second-order valence-corrected chi connectivity index (χ2v) is 11.1. The maximum absolute atomic E-state index is 12.3. The molecule has 0 aliphatic carbocycles. The second-order valence-electron chi connectivity index (χ2n) is 11.1. The van der Waals surface area contributed by atoms with E-state index in [0.717, 1.165) is 31.3 Å². The van der Waals surface area contributed by atoms with E-state index in [0.29, 0.717) is 18.0 Å². The molecule has 3 saturated heterocycles. The SMILES string of the molecule is CC(C)(C)OC(=O)NC1CCCN(C[C@H]2O[C@@H](n3ccc4c(N)ncnc43)[C@@H]3OC(C)(C)O[C@@H]32)C1. The molecule has 0 radical (unpaired) electrons. The molecule has 0 spiro atoms. The summed E-state index contributed by atoms with van der Waals surface area (Å²) in [6.07, 6.45) is 3.76. The zero-order valence-electron chi connectivity index (χ0n) is 21.1. The highest BCUT2D eigenvalue weighted by Gasteiger charge is 2.56. The van der Waals surface area contributed by atoms with Crippen LogP contribution in [0.2, 0.25) is 0 Å². The number of rotatable bonds is 4. The summed E-state index contributed by atoms with van der Waals surface area (Å²) in [6.45, 7) is 11.8. The first kappa shape index (κ1) is 24.2. The van der Waals surface area contributed by atoms with Gasteiger partial charge in [0.2, 0.25) is 0 Å². The van der Waals surface area contributed by atoms with Gasteiger partial charge in [0.05, 0.1) is 5.39 Å². The molecule has 1 amide bonds. The number of nitrogens with two attached hydrogens (primary N) is 1. The Morgan fingerprint density at radius 2 is 2.06 bits per heavy atom. The van der Waals surface area contributed by atoms with E-state index in [9.17, 15) is 4.79 Å². The third kappa shape index (κ3) is 5.09. The van der Waals surface area contributed by atoms with Crippen LogP contribution in [0, 0.1) is 0 Å². The molecule has 0 saturated carbocycles. The molecular weight excluding hydrogens is 452 g/mol. The Morgan fingerprint density at radius 3 is 2.83 bits per heavy atom. The minimum Gasteiger partial charge on any atom is -0.444 e. The average molecular weight is 489 g/mol. The molecule has 3 fully saturated rings. The minimum absolute atomic E-state index is 0.0249. The van der Waals surface area contributed by atoms with Crippen molar-refractivity contribution in [2.75, 3.05) is 25.4 Å². The van der Waals surface area contributed by atoms with Crippen LogP contribution in [0.4, 0.5) is 10.6 Å². The Balaban J connectivity index is 1.30. The first-order valence-electron chi connectivity index (χ1n) is 12.3. The Bertz CT molecular complexity index is 1080. The monoisotopic (exact) mass is 488 g/mol. The van der Waals surface area contributed by atoms with E-state index in [1.165, 1.54) is 6.33 Å². The number of nitrogen functional groups attached to an aromatic ring is 1. The highest BCUT2D eigenvalue weighted by molar-refractivity contribution is 5.86. The van der Waals surface area contributed by atoms with Crippen LogP contribution < -0.4 is 11.1 Å². The van der Waals surface area contributed by atoms with Gasteiger partial charge in [-0.25, -0.2) is 14.8 Å². The van der Waals surface area contributed by atoms with Crippen molar-refractivity contribution in [1.29, 1.82) is 0 Å². The number of nitrogens with one attached hydrogen (secondary N) is 1. The first-order chi connectivity index (χ1) is 16.5. The predicted octanol–water partition coefficient (Wildman–Crippen LogP) is 2.42. The number of fused-ring (bicyclic) bond motifs is 2. The van der Waals surface area contributed by atoms with Crippen LogP contribution in [-0.4, -0.2) is 80.9 Å². The van der Waals surface area contributed by atoms with Gasteiger partial charge >= 0.3 is 6.09 Å². The van der Waals surface area contributed by atoms with Crippen LogP contribution in [0.3, 0.4) is 0 Å². The lowest BCUT2D eigenvalue weighted by molar-refractivity contribution is -0.198. The number of aromatic nitrogens is 3. The summed E-state index contributed by atoms with van der Waals surface area (Å²) in [5, 5.41) is 3.80. The van der Waals surface area contributed by atoms with Gasteiger partial charge in [-0.05, 0) is 60.1 Å². The summed E-state index contributed by atoms with van der Waals surface area (Å²) >= 11 is 0. The Morgan fingerprint density at radius 1 is 1.29 bits per heavy atom. The molecule has 11 heteroatoms. The van der Waals surface area contributed by atoms with Gasteiger partial charge in [0.25, 0.3) is 0 Å². The lowest BCUT2D eigenvalue weighted by Gasteiger charge is -2.35. The van der Waals surface area contributed by atoms with Gasteiger partial charge in [-0.15, -0.1) is 0 Å². The van der Waals surface area contributed by atoms with Crippen molar-refractivity contribution >= 4 is 22.9 Å². The van der Waals surface area contributed by atoms with Crippen LogP contribution in [0.25, 0.3) is 11.0 Å². The number of anilines is 1. The molecule has 5 heterocycles. The number of carbonyl (C=O) groups excluding carboxylic acids is 1. The summed E-state index contributed by atoms with van der Waals surface area (Å²) in [5.41, 5.74) is 6.22. The van der Waals surface area contributed by atoms with Crippen LogP contribution in [-0.2, 0) is 18.9 Å². The largest absolute Gasteiger partial charge is 0.444 e. The van der Waals surface area contributed by atoms with Crippen molar-refractivity contribution in [3.05, 3.63) is 18.6 Å². The molecule has 5 atom stereocenters. The third-order valence-electron chi connectivity index (χ3n) is 6.60. The third-order valence-corrected chi connectivity index (χ3v) is 6.60. The van der Waals surface area contributed by atoms with Crippen molar-refractivity contribution in [2.24, 2.45) is 0 Å². The summed E-state index contributed by atoms with van der Waals surface area (Å²) in [6, 6.07) is 1.92. The smallest absolute Gasteiger partial charge is 0.407 e. The van der Waals surface area contributed by atoms with E-state index in [1.54, 1.807) is 0 Å². The topological polar surface area (TPSA) is 126 Å². The molecule has 192 valence electrons. The van der Waals surface area contributed by atoms with E-state index in [-0.39, 0.29) is 30.4 Å². The Labute approximate surface area is 205 Å². The highest BCUT2D eigenvalue weighted by atomic mass is 16.8. The zero-order chi connectivity index (χ0) is 25.0. The number of piperidine rings is 1. The Kier molecular flexibility index (Phi) is 6.15. The fourth-order valence-electron chi connectivity index (χ4n) is 5.29. The molecule has 5 rings (SSSR count). The molecule has 11 nitrogen and oxygen atoms in total. The number of nitrogens with zero attached hydrogens (tertiary/aromatic N) is 4. The quantitative estimate of drug-likeness (QED) is 0.667. The number of hydrogen-bond acceptors (Lipinski definition) is 9. The molecule has 3 aliphatic heterocycles. The molecule has 35 heavy (non-hydrogen) atoms. The molecular formula is C24H36N6O5. The van der Waals surface area contributed by atoms with Crippen molar-refractivity contribution < 1.29 is 23.7 Å². The summed E-state index contributed by atoms with van der Waals surface area (Å²) in [7, 11) is 0. The highest BCUT2D eigenvalue weighted by Crippen LogP contribution is 2.44. The van der Waals surface area contributed by atoms with Crippen molar-refractivity contribution in [3.8, 4) is 0 Å². The maximum atomic E-state index is 12.3. The minimum atomic E-state index is -0.713. The van der Waals surface area contributed by atoms with Crippen LogP contribution >= 0.6 is 0 Å². The number of ether oxygens (including phenoxy) is 4. The van der Waals surface area contributed by atoms with Crippen molar-refractivity contribution in [2.45, 2.75) is 89.4 Å². The van der Waals surface area contributed by atoms with E-state index >= 15 is 0 Å². The fraction of sp³-hybridized carbons (Fsp3) is 0.708. The van der Waals surface area contributed by atoms with Crippen LogP contribution in [0.15, 0.2) is 18.6 Å². The van der Waals surface area contributed by atoms with E-state index in [2.05, 4.69) is 20.2 Å². The number of amides is 1. The van der Waals surface area contributed by atoms with Crippen molar-refractivity contribution in [3.63, 3.8) is 0 Å². The fourth-order valence-corrected chi connectivity index (χ4v) is 5.29. The first-order valence-corrected chi connectivity index (χ1v) is 12.3. The number of alkyl carbamates (subject to hydrolysis) is 1. The summed E-state index contributed by atoms with van der Waals surface area (Å²) < 4.78 is 26.5. The molecule has 0 bridgehead atoms. The number of hydrogen-bond donors (Lipinski definition) is 2. The van der Waals surface area contributed by atoms with Gasteiger partial charge in [-0.3, -0.25) is 4.90 Å². The van der Waals surface area contributed by atoms with E-state index in [1.807, 2.05) is 51.4 Å². The van der Waals surface area contributed by atoms with Gasteiger partial charge in [0.15, 0.2) is 12.0 Å². The van der Waals surface area contributed by atoms with Crippen LogP contribution in [0.5, 0.6) is 0 Å².